The molecule has 0 spiro atoms. The first-order chi connectivity index (χ1) is 18.9. The van der Waals surface area contributed by atoms with Gasteiger partial charge in [0.2, 0.25) is 10.0 Å². The van der Waals surface area contributed by atoms with E-state index in [-0.39, 0.29) is 11.4 Å². The summed E-state index contributed by atoms with van der Waals surface area (Å²) in [6.45, 7) is 0.597. The van der Waals surface area contributed by atoms with Crippen LogP contribution in [0.4, 0.5) is 11.5 Å². The van der Waals surface area contributed by atoms with Crippen molar-refractivity contribution in [3.63, 3.8) is 0 Å². The molecule has 3 heterocycles. The average molecular weight is 577 g/mol. The number of anilines is 2. The lowest BCUT2D eigenvalue weighted by Gasteiger charge is -2.29. The predicted molar refractivity (Wildman–Crippen MR) is 154 cm³/mol. The van der Waals surface area contributed by atoms with Gasteiger partial charge in [-0.15, -0.1) is 0 Å². The minimum Gasteiger partial charge on any atom is -0.457 e. The molecule has 0 unspecified atom stereocenters. The van der Waals surface area contributed by atoms with Crippen molar-refractivity contribution in [1.29, 1.82) is 0 Å². The van der Waals surface area contributed by atoms with Gasteiger partial charge in [-0.05, 0) is 66.6 Å². The number of benzene rings is 3. The highest BCUT2D eigenvalue weighted by molar-refractivity contribution is 7.89. The van der Waals surface area contributed by atoms with E-state index < -0.39 is 10.0 Å². The highest BCUT2D eigenvalue weighted by Crippen LogP contribution is 2.32. The van der Waals surface area contributed by atoms with Gasteiger partial charge in [0.05, 0.1) is 32.3 Å². The Kier molecular flexibility index (Phi) is 6.86. The van der Waals surface area contributed by atoms with Crippen LogP contribution in [0.2, 0.25) is 10.0 Å². The van der Waals surface area contributed by atoms with Gasteiger partial charge in [-0.25, -0.2) is 13.4 Å². The van der Waals surface area contributed by atoms with Crippen LogP contribution in [0.1, 0.15) is 11.1 Å². The molecule has 0 aliphatic carbocycles. The number of aromatic nitrogens is 2. The lowest BCUT2D eigenvalue weighted by Crippen LogP contribution is -2.36. The quantitative estimate of drug-likeness (QED) is 0.230. The summed E-state index contributed by atoms with van der Waals surface area (Å²) in [6.07, 6.45) is 4.00. The minimum atomic E-state index is -3.71. The van der Waals surface area contributed by atoms with E-state index in [9.17, 15) is 8.42 Å². The van der Waals surface area contributed by atoms with Crippen LogP contribution in [0.25, 0.3) is 10.9 Å². The third kappa shape index (κ3) is 5.29. The van der Waals surface area contributed by atoms with Crippen molar-refractivity contribution in [3.05, 3.63) is 112 Å². The number of pyridine rings is 2. The zero-order valence-corrected chi connectivity index (χ0v) is 22.8. The molecule has 1 N–H and O–H groups in total. The number of nitrogens with zero attached hydrogens (tertiary/aromatic N) is 3. The summed E-state index contributed by atoms with van der Waals surface area (Å²) in [6, 6.07) is 23.1. The number of halogens is 2. The van der Waals surface area contributed by atoms with Crippen LogP contribution in [0.5, 0.6) is 11.5 Å². The Labute approximate surface area is 236 Å². The summed E-state index contributed by atoms with van der Waals surface area (Å²) in [5, 5.41) is 5.20. The molecule has 1 aliphatic rings. The van der Waals surface area contributed by atoms with E-state index in [1.165, 1.54) is 4.31 Å². The standard InChI is InChI=1S/C29H22Cl2N4O3S/c30-26-10-7-23(16-27(26)31)38-22-5-8-24(9-6-22)39(36,37)35-14-12-25-20(18-35)11-13-32-29(25)34-21-15-19-3-1-2-4-28(19)33-17-21/h1-11,13,15-17H,12,14,18H2,(H,32,34). The van der Waals surface area contributed by atoms with E-state index in [0.717, 1.165) is 27.7 Å². The zero-order chi connectivity index (χ0) is 27.0. The normalized spacial score (nSPS) is 13.7. The molecule has 1 aliphatic heterocycles. The Morgan fingerprint density at radius 1 is 0.872 bits per heavy atom. The van der Waals surface area contributed by atoms with E-state index in [0.29, 0.717) is 40.3 Å². The monoisotopic (exact) mass is 576 g/mol. The van der Waals surface area contributed by atoms with Gasteiger partial charge < -0.3 is 10.1 Å². The summed E-state index contributed by atoms with van der Waals surface area (Å²) in [7, 11) is -3.71. The molecule has 3 aromatic carbocycles. The van der Waals surface area contributed by atoms with Gasteiger partial charge in [-0.2, -0.15) is 4.31 Å². The third-order valence-corrected chi connectivity index (χ3v) is 9.15. The van der Waals surface area contributed by atoms with Crippen LogP contribution in [0, 0.1) is 0 Å². The number of sulfonamides is 1. The second-order valence-corrected chi connectivity index (χ2v) is 11.8. The molecule has 0 bridgehead atoms. The van der Waals surface area contributed by atoms with Crippen LogP contribution in [0.15, 0.2) is 96.2 Å². The second-order valence-electron chi connectivity index (χ2n) is 9.08. The number of hydrogen-bond donors (Lipinski definition) is 1. The van der Waals surface area contributed by atoms with Crippen molar-refractivity contribution in [3.8, 4) is 11.5 Å². The van der Waals surface area contributed by atoms with E-state index in [4.69, 9.17) is 27.9 Å². The Bertz CT molecular complexity index is 1800. The van der Waals surface area contributed by atoms with Gasteiger partial charge in [0.25, 0.3) is 0 Å². The number of hydrogen-bond acceptors (Lipinski definition) is 6. The van der Waals surface area contributed by atoms with E-state index in [1.54, 1.807) is 54.9 Å². The molecular formula is C29H22Cl2N4O3S. The number of nitrogens with one attached hydrogen (secondary N) is 1. The van der Waals surface area contributed by atoms with Gasteiger partial charge in [-0.1, -0.05) is 41.4 Å². The van der Waals surface area contributed by atoms with Crippen LogP contribution < -0.4 is 10.1 Å². The molecule has 196 valence electrons. The highest BCUT2D eigenvalue weighted by atomic mass is 35.5. The van der Waals surface area contributed by atoms with E-state index >= 15 is 0 Å². The minimum absolute atomic E-state index is 0.196. The van der Waals surface area contributed by atoms with Gasteiger partial charge >= 0.3 is 0 Å². The third-order valence-electron chi connectivity index (χ3n) is 6.55. The predicted octanol–water partition coefficient (Wildman–Crippen LogP) is 7.22. The fraction of sp³-hybridized carbons (Fsp3) is 0.103. The Balaban J connectivity index is 1.18. The maximum Gasteiger partial charge on any atom is 0.243 e. The van der Waals surface area contributed by atoms with Crippen molar-refractivity contribution < 1.29 is 13.2 Å². The first-order valence-electron chi connectivity index (χ1n) is 12.2. The Morgan fingerprint density at radius 3 is 2.49 bits per heavy atom. The number of rotatable bonds is 6. The molecule has 6 rings (SSSR count). The Morgan fingerprint density at radius 2 is 1.67 bits per heavy atom. The fourth-order valence-electron chi connectivity index (χ4n) is 4.56. The maximum atomic E-state index is 13.5. The van der Waals surface area contributed by atoms with Crippen molar-refractivity contribution in [2.45, 2.75) is 17.9 Å². The van der Waals surface area contributed by atoms with E-state index in [2.05, 4.69) is 15.3 Å². The maximum absolute atomic E-state index is 13.5. The summed E-state index contributed by atoms with van der Waals surface area (Å²) >= 11 is 12.0. The summed E-state index contributed by atoms with van der Waals surface area (Å²) in [4.78, 5) is 9.23. The van der Waals surface area contributed by atoms with Crippen molar-refractivity contribution >= 4 is 55.6 Å². The molecule has 7 nitrogen and oxygen atoms in total. The molecule has 10 heteroatoms. The molecule has 0 saturated carbocycles. The van der Waals surface area contributed by atoms with E-state index in [1.807, 2.05) is 36.4 Å². The van der Waals surface area contributed by atoms with Gasteiger partial charge in [0.15, 0.2) is 0 Å². The summed E-state index contributed by atoms with van der Waals surface area (Å²) < 4.78 is 34.2. The molecule has 0 saturated heterocycles. The number of ether oxygens (including phenoxy) is 1. The number of fused-ring (bicyclic) bond motifs is 2. The van der Waals surface area contributed by atoms with Crippen molar-refractivity contribution in [2.75, 3.05) is 11.9 Å². The molecular weight excluding hydrogens is 555 g/mol. The molecule has 2 aromatic heterocycles. The topological polar surface area (TPSA) is 84.4 Å². The zero-order valence-electron chi connectivity index (χ0n) is 20.5. The molecule has 39 heavy (non-hydrogen) atoms. The molecule has 0 fully saturated rings. The lowest BCUT2D eigenvalue weighted by atomic mass is 10.0. The highest BCUT2D eigenvalue weighted by Gasteiger charge is 2.29. The SMILES string of the molecule is O=S(=O)(c1ccc(Oc2ccc(Cl)c(Cl)c2)cc1)N1CCc2c(ccnc2Nc2cnc3ccccc3c2)C1. The first kappa shape index (κ1) is 25.6. The average Bonchev–Trinajstić information content (AvgIpc) is 2.95. The lowest BCUT2D eigenvalue weighted by molar-refractivity contribution is 0.391. The molecule has 0 amide bonds. The van der Waals surface area contributed by atoms with Crippen LogP contribution in [0.3, 0.4) is 0 Å². The second kappa shape index (κ2) is 10.5. The largest absolute Gasteiger partial charge is 0.457 e. The van der Waals surface area contributed by atoms with Gasteiger partial charge in [0, 0.05) is 36.3 Å². The molecule has 5 aromatic rings. The van der Waals surface area contributed by atoms with Crippen molar-refractivity contribution in [1.82, 2.24) is 14.3 Å². The number of para-hydroxylation sites is 1. The smallest absolute Gasteiger partial charge is 0.243 e. The molecule has 0 radical (unpaired) electrons. The fourth-order valence-corrected chi connectivity index (χ4v) is 6.27. The first-order valence-corrected chi connectivity index (χ1v) is 14.4. The van der Waals surface area contributed by atoms with Crippen LogP contribution in [-0.2, 0) is 23.0 Å². The summed E-state index contributed by atoms with van der Waals surface area (Å²) in [5.41, 5.74) is 3.66. The van der Waals surface area contributed by atoms with Gasteiger partial charge in [-0.3, -0.25) is 4.98 Å². The van der Waals surface area contributed by atoms with Crippen molar-refractivity contribution in [2.24, 2.45) is 0 Å². The van der Waals surface area contributed by atoms with Crippen LogP contribution >= 0.6 is 23.2 Å². The van der Waals surface area contributed by atoms with Gasteiger partial charge in [0.1, 0.15) is 17.3 Å². The Hall–Kier alpha value is -3.69. The molecule has 0 atom stereocenters. The summed E-state index contributed by atoms with van der Waals surface area (Å²) in [5.74, 6) is 1.71. The van der Waals surface area contributed by atoms with Crippen LogP contribution in [-0.4, -0.2) is 29.2 Å².